The molecule has 0 atom stereocenters. The number of hydrogen-bond acceptors (Lipinski definition) is 5. The minimum Gasteiger partial charge on any atom is -0.422 e. The van der Waals surface area contributed by atoms with Crippen LogP contribution in [0.4, 0.5) is 10.5 Å². The molecule has 170 valence electrons. The third kappa shape index (κ3) is 4.89. The molecule has 7 nitrogen and oxygen atoms in total. The number of benzene rings is 3. The van der Waals surface area contributed by atoms with Crippen molar-refractivity contribution in [3.63, 3.8) is 0 Å². The fourth-order valence-electron chi connectivity index (χ4n) is 3.14. The highest BCUT2D eigenvalue weighted by atomic mass is 79.9. The van der Waals surface area contributed by atoms with E-state index in [0.29, 0.717) is 5.02 Å². The first kappa shape index (κ1) is 23.7. The van der Waals surface area contributed by atoms with Crippen molar-refractivity contribution in [3.05, 3.63) is 97.9 Å². The Hall–Kier alpha value is -3.46. The molecule has 4 amide bonds. The second kappa shape index (κ2) is 9.80. The van der Waals surface area contributed by atoms with E-state index in [1.165, 1.54) is 30.3 Å². The molecule has 1 heterocycles. The maximum absolute atomic E-state index is 13.1. The lowest BCUT2D eigenvalue weighted by Gasteiger charge is -2.26. The van der Waals surface area contributed by atoms with Gasteiger partial charge in [0.05, 0.1) is 16.3 Å². The van der Waals surface area contributed by atoms with Crippen LogP contribution in [0.25, 0.3) is 6.08 Å². The van der Waals surface area contributed by atoms with Gasteiger partial charge in [0.2, 0.25) is 0 Å². The van der Waals surface area contributed by atoms with Gasteiger partial charge in [-0.1, -0.05) is 57.3 Å². The van der Waals surface area contributed by atoms with Crippen LogP contribution in [-0.4, -0.2) is 23.8 Å². The third-order valence-corrected chi connectivity index (χ3v) is 5.84. The second-order valence-electron chi connectivity index (χ2n) is 6.99. The van der Waals surface area contributed by atoms with Crippen LogP contribution >= 0.6 is 39.1 Å². The number of carbonyl (C=O) groups is 4. The number of esters is 1. The van der Waals surface area contributed by atoms with Crippen LogP contribution < -0.4 is 15.0 Å². The number of rotatable bonds is 4. The maximum atomic E-state index is 13.1. The molecule has 0 aliphatic carbocycles. The van der Waals surface area contributed by atoms with Gasteiger partial charge in [-0.2, -0.15) is 0 Å². The minimum atomic E-state index is -0.870. The molecule has 1 fully saturated rings. The van der Waals surface area contributed by atoms with Gasteiger partial charge in [-0.3, -0.25) is 14.9 Å². The fraction of sp³-hybridized carbons (Fsp3) is 0. The summed E-state index contributed by atoms with van der Waals surface area (Å²) in [4.78, 5) is 51.5. The van der Waals surface area contributed by atoms with Crippen LogP contribution in [-0.2, 0) is 9.59 Å². The summed E-state index contributed by atoms with van der Waals surface area (Å²) in [5.74, 6) is -2.36. The highest BCUT2D eigenvalue weighted by Crippen LogP contribution is 2.28. The molecule has 0 bridgehead atoms. The Morgan fingerprint density at radius 2 is 1.68 bits per heavy atom. The standard InChI is InChI=1S/C24H13BrCl2N2O5/c25-14-5-8-16(9-6-14)29-22(31)18(21(30)28-24(29)33)11-13-3-1-2-4-20(13)34-23(32)17-10-7-15(26)12-19(17)27/h1-12H,(H,28,30,33)/b18-11-. The van der Waals surface area contributed by atoms with Crippen molar-refractivity contribution in [2.75, 3.05) is 4.90 Å². The zero-order chi connectivity index (χ0) is 24.4. The van der Waals surface area contributed by atoms with Crippen LogP contribution in [0.3, 0.4) is 0 Å². The third-order valence-electron chi connectivity index (χ3n) is 4.76. The number of anilines is 1. The van der Waals surface area contributed by atoms with Crippen LogP contribution in [0.2, 0.25) is 10.0 Å². The first-order valence-corrected chi connectivity index (χ1v) is 11.2. The molecule has 0 unspecified atom stereocenters. The molecule has 1 N–H and O–H groups in total. The summed E-state index contributed by atoms with van der Waals surface area (Å²) in [5, 5.41) is 2.62. The molecule has 3 aromatic rings. The zero-order valence-electron chi connectivity index (χ0n) is 17.1. The van der Waals surface area contributed by atoms with E-state index in [1.54, 1.807) is 42.5 Å². The topological polar surface area (TPSA) is 92.8 Å². The molecule has 0 saturated carbocycles. The van der Waals surface area contributed by atoms with Gasteiger partial charge >= 0.3 is 12.0 Å². The van der Waals surface area contributed by atoms with Crippen LogP contribution in [0.1, 0.15) is 15.9 Å². The normalized spacial score (nSPS) is 14.9. The Morgan fingerprint density at radius 3 is 2.38 bits per heavy atom. The zero-order valence-corrected chi connectivity index (χ0v) is 20.1. The highest BCUT2D eigenvalue weighted by molar-refractivity contribution is 9.10. The van der Waals surface area contributed by atoms with Gasteiger partial charge in [0.1, 0.15) is 11.3 Å². The van der Waals surface area contributed by atoms with Crippen molar-refractivity contribution in [2.45, 2.75) is 0 Å². The predicted octanol–water partition coefficient (Wildman–Crippen LogP) is 5.64. The number of nitrogens with zero attached hydrogens (tertiary/aromatic N) is 1. The average molecular weight is 560 g/mol. The van der Waals surface area contributed by atoms with Crippen molar-refractivity contribution in [1.29, 1.82) is 0 Å². The van der Waals surface area contributed by atoms with Crippen LogP contribution in [0.5, 0.6) is 5.75 Å². The number of hydrogen-bond donors (Lipinski definition) is 1. The van der Waals surface area contributed by atoms with Crippen molar-refractivity contribution < 1.29 is 23.9 Å². The lowest BCUT2D eigenvalue weighted by molar-refractivity contribution is -0.122. The number of para-hydroxylation sites is 1. The lowest BCUT2D eigenvalue weighted by Crippen LogP contribution is -2.54. The molecule has 4 rings (SSSR count). The highest BCUT2D eigenvalue weighted by Gasteiger charge is 2.37. The first-order chi connectivity index (χ1) is 16.2. The molecule has 1 aliphatic heterocycles. The Labute approximate surface area is 212 Å². The predicted molar refractivity (Wildman–Crippen MR) is 131 cm³/mol. The molecule has 10 heteroatoms. The molecular formula is C24H13BrCl2N2O5. The molecule has 0 spiro atoms. The van der Waals surface area contributed by atoms with Gasteiger partial charge in [-0.25, -0.2) is 14.5 Å². The first-order valence-electron chi connectivity index (χ1n) is 9.68. The minimum absolute atomic E-state index is 0.0821. The van der Waals surface area contributed by atoms with Gasteiger partial charge < -0.3 is 4.74 Å². The largest absolute Gasteiger partial charge is 0.422 e. The Balaban J connectivity index is 1.67. The van der Waals surface area contributed by atoms with Gasteiger partial charge in [-0.05, 0) is 54.6 Å². The van der Waals surface area contributed by atoms with Gasteiger partial charge in [0.15, 0.2) is 0 Å². The number of urea groups is 1. The van der Waals surface area contributed by atoms with E-state index < -0.39 is 23.8 Å². The summed E-state index contributed by atoms with van der Waals surface area (Å²) in [6.07, 6.45) is 1.25. The maximum Gasteiger partial charge on any atom is 0.345 e. The Bertz CT molecular complexity index is 1370. The molecule has 0 radical (unpaired) electrons. The smallest absolute Gasteiger partial charge is 0.345 e. The number of halogens is 3. The van der Waals surface area contributed by atoms with E-state index in [2.05, 4.69) is 21.2 Å². The van der Waals surface area contributed by atoms with Crippen molar-refractivity contribution in [1.82, 2.24) is 5.32 Å². The Morgan fingerprint density at radius 1 is 0.971 bits per heavy atom. The average Bonchev–Trinajstić information content (AvgIpc) is 2.78. The summed E-state index contributed by atoms with van der Waals surface area (Å²) < 4.78 is 6.22. The van der Waals surface area contributed by atoms with Crippen molar-refractivity contribution >= 4 is 74.7 Å². The van der Waals surface area contributed by atoms with Gasteiger partial charge in [-0.15, -0.1) is 0 Å². The molecule has 1 saturated heterocycles. The van der Waals surface area contributed by atoms with Crippen molar-refractivity contribution in [2.24, 2.45) is 0 Å². The van der Waals surface area contributed by atoms with Crippen molar-refractivity contribution in [3.8, 4) is 5.75 Å². The molecular weight excluding hydrogens is 547 g/mol. The summed E-state index contributed by atoms with van der Waals surface area (Å²) >= 11 is 15.3. The van der Waals surface area contributed by atoms with E-state index in [4.69, 9.17) is 27.9 Å². The van der Waals surface area contributed by atoms with E-state index in [0.717, 1.165) is 9.37 Å². The molecule has 3 aromatic carbocycles. The lowest BCUT2D eigenvalue weighted by atomic mass is 10.1. The van der Waals surface area contributed by atoms with E-state index in [9.17, 15) is 19.2 Å². The van der Waals surface area contributed by atoms with Crippen LogP contribution in [0.15, 0.2) is 76.8 Å². The number of barbiturate groups is 1. The summed E-state index contributed by atoms with van der Waals surface area (Å²) in [5.41, 5.74) is 0.327. The number of carbonyl (C=O) groups excluding carboxylic acids is 4. The summed E-state index contributed by atoms with van der Waals surface area (Å²) in [7, 11) is 0. The van der Waals surface area contributed by atoms with Gasteiger partial charge in [0, 0.05) is 15.1 Å². The van der Waals surface area contributed by atoms with E-state index >= 15 is 0 Å². The molecule has 1 aliphatic rings. The summed E-state index contributed by atoms with van der Waals surface area (Å²) in [6, 6.07) is 16.2. The molecule has 0 aromatic heterocycles. The summed E-state index contributed by atoms with van der Waals surface area (Å²) in [6.45, 7) is 0. The number of amides is 4. The monoisotopic (exact) mass is 558 g/mol. The number of imide groups is 2. The quantitative estimate of drug-likeness (QED) is 0.193. The second-order valence-corrected chi connectivity index (χ2v) is 8.75. The number of nitrogens with one attached hydrogen (secondary N) is 1. The Kier molecular flexibility index (Phi) is 6.83. The van der Waals surface area contributed by atoms with Gasteiger partial charge in [0.25, 0.3) is 11.8 Å². The number of ether oxygens (including phenoxy) is 1. The van der Waals surface area contributed by atoms with E-state index in [1.807, 2.05) is 0 Å². The van der Waals surface area contributed by atoms with E-state index in [-0.39, 0.29) is 33.2 Å². The molecule has 34 heavy (non-hydrogen) atoms. The van der Waals surface area contributed by atoms with Crippen LogP contribution in [0, 0.1) is 0 Å². The fourth-order valence-corrected chi connectivity index (χ4v) is 3.89. The SMILES string of the molecule is O=C1NC(=O)N(c2ccc(Br)cc2)C(=O)/C1=C\c1ccccc1OC(=O)c1ccc(Cl)cc1Cl.